The summed E-state index contributed by atoms with van der Waals surface area (Å²) in [5.74, 6) is -0.0231. The lowest BCUT2D eigenvalue weighted by molar-refractivity contribution is -0.113. The minimum absolute atomic E-state index is 0.179. The number of nitrogens with one attached hydrogen (secondary N) is 2. The average molecular weight is 354 g/mol. The Hall–Kier alpha value is -1.83. The summed E-state index contributed by atoms with van der Waals surface area (Å²) >= 11 is 13.0. The van der Waals surface area contributed by atoms with Gasteiger partial charge in [-0.15, -0.1) is 0 Å². The molecular weight excluding hydrogens is 345 g/mol. The summed E-state index contributed by atoms with van der Waals surface area (Å²) in [6.45, 7) is 0. The molecule has 0 aliphatic rings. The summed E-state index contributed by atoms with van der Waals surface area (Å²) in [5.41, 5.74) is 1.76. The van der Waals surface area contributed by atoms with Crippen LogP contribution in [0, 0.1) is 0 Å². The molecule has 0 fully saturated rings. The molecule has 22 heavy (non-hydrogen) atoms. The van der Waals surface area contributed by atoms with Crippen LogP contribution in [0.4, 0.5) is 5.69 Å². The molecule has 6 nitrogen and oxygen atoms in total. The fourth-order valence-electron chi connectivity index (χ4n) is 1.72. The first kappa shape index (κ1) is 15.1. The number of nitrogens with zero attached hydrogens (tertiary/aromatic N) is 3. The molecule has 0 aliphatic heterocycles. The molecule has 3 rings (SSSR count). The number of hydrogen-bond donors (Lipinski definition) is 2. The number of amides is 1. The number of aromatic nitrogens is 4. The Labute approximate surface area is 139 Å². The zero-order valence-electron chi connectivity index (χ0n) is 11.0. The number of pyridine rings is 2. The molecule has 9 heteroatoms. The van der Waals surface area contributed by atoms with E-state index < -0.39 is 0 Å². The predicted octanol–water partition coefficient (Wildman–Crippen LogP) is 3.39. The van der Waals surface area contributed by atoms with E-state index in [1.54, 1.807) is 24.4 Å². The molecule has 0 saturated carbocycles. The summed E-state index contributed by atoms with van der Waals surface area (Å²) < 4.78 is 0. The van der Waals surface area contributed by atoms with Crippen molar-refractivity contribution < 1.29 is 4.79 Å². The molecule has 3 aromatic heterocycles. The highest BCUT2D eigenvalue weighted by atomic mass is 35.5. The Kier molecular flexibility index (Phi) is 4.47. The maximum absolute atomic E-state index is 11.9. The van der Waals surface area contributed by atoms with Crippen molar-refractivity contribution in [2.45, 2.75) is 5.16 Å². The number of hydrogen-bond acceptors (Lipinski definition) is 5. The molecule has 112 valence electrons. The van der Waals surface area contributed by atoms with Crippen molar-refractivity contribution in [1.82, 2.24) is 19.9 Å². The van der Waals surface area contributed by atoms with Crippen LogP contribution in [0.15, 0.2) is 35.7 Å². The van der Waals surface area contributed by atoms with Crippen LogP contribution in [0.2, 0.25) is 10.2 Å². The third kappa shape index (κ3) is 3.49. The van der Waals surface area contributed by atoms with Crippen molar-refractivity contribution in [2.24, 2.45) is 0 Å². The molecule has 3 aromatic rings. The van der Waals surface area contributed by atoms with Crippen LogP contribution in [-0.2, 0) is 4.79 Å². The lowest BCUT2D eigenvalue weighted by atomic mass is 10.4. The van der Waals surface area contributed by atoms with Crippen molar-refractivity contribution in [3.8, 4) is 0 Å². The molecule has 0 atom stereocenters. The van der Waals surface area contributed by atoms with Gasteiger partial charge in [0.25, 0.3) is 0 Å². The lowest BCUT2D eigenvalue weighted by Crippen LogP contribution is -2.14. The fraction of sp³-hybridized carbons (Fsp3) is 0.0769. The van der Waals surface area contributed by atoms with Gasteiger partial charge in [0, 0.05) is 12.4 Å². The maximum Gasteiger partial charge on any atom is 0.234 e. The smallest absolute Gasteiger partial charge is 0.234 e. The number of anilines is 1. The topological polar surface area (TPSA) is 83.6 Å². The van der Waals surface area contributed by atoms with Crippen LogP contribution >= 0.6 is 35.0 Å². The standard InChI is InChI=1S/C13H9Cl2N5OS/c14-7-4-9-12(17-5-7)20-13(19-9)22-6-10(21)18-8-2-1-3-16-11(8)15/h1-5H,6H2,(H,18,21)(H,17,19,20). The second-order valence-corrected chi connectivity index (χ2v) is 6.00. The highest BCUT2D eigenvalue weighted by Gasteiger charge is 2.10. The second-order valence-electron chi connectivity index (χ2n) is 4.25. The number of halogens is 2. The third-order valence-electron chi connectivity index (χ3n) is 2.66. The molecule has 0 spiro atoms. The monoisotopic (exact) mass is 353 g/mol. The molecular formula is C13H9Cl2N5OS. The summed E-state index contributed by atoms with van der Waals surface area (Å²) in [6, 6.07) is 5.12. The Bertz CT molecular complexity index is 838. The Balaban J connectivity index is 1.63. The van der Waals surface area contributed by atoms with E-state index in [0.29, 0.717) is 21.5 Å². The van der Waals surface area contributed by atoms with Gasteiger partial charge < -0.3 is 10.3 Å². The average Bonchev–Trinajstić information content (AvgIpc) is 2.89. The van der Waals surface area contributed by atoms with E-state index in [-0.39, 0.29) is 16.8 Å². The van der Waals surface area contributed by atoms with E-state index in [1.807, 2.05) is 0 Å². The SMILES string of the molecule is O=C(CSc1nc2ncc(Cl)cc2[nH]1)Nc1cccnc1Cl. The number of aromatic amines is 1. The number of thioether (sulfide) groups is 1. The zero-order chi connectivity index (χ0) is 15.5. The first-order valence-corrected chi connectivity index (χ1v) is 7.90. The summed E-state index contributed by atoms with van der Waals surface area (Å²) in [7, 11) is 0. The second kappa shape index (κ2) is 6.51. The van der Waals surface area contributed by atoms with E-state index >= 15 is 0 Å². The molecule has 0 radical (unpaired) electrons. The quantitative estimate of drug-likeness (QED) is 0.554. The van der Waals surface area contributed by atoms with Gasteiger partial charge in [0.15, 0.2) is 16.0 Å². The van der Waals surface area contributed by atoms with Gasteiger partial charge in [-0.1, -0.05) is 35.0 Å². The van der Waals surface area contributed by atoms with Gasteiger partial charge in [0.1, 0.15) is 0 Å². The lowest BCUT2D eigenvalue weighted by Gasteiger charge is -2.04. The number of rotatable bonds is 4. The summed E-state index contributed by atoms with van der Waals surface area (Å²) in [6.07, 6.45) is 3.08. The van der Waals surface area contributed by atoms with Crippen molar-refractivity contribution >= 4 is 57.7 Å². The Morgan fingerprint density at radius 1 is 1.36 bits per heavy atom. The Morgan fingerprint density at radius 3 is 3.05 bits per heavy atom. The van der Waals surface area contributed by atoms with E-state index in [9.17, 15) is 4.79 Å². The predicted molar refractivity (Wildman–Crippen MR) is 87.5 cm³/mol. The minimum Gasteiger partial charge on any atom is -0.331 e. The molecule has 0 aromatic carbocycles. The van der Waals surface area contributed by atoms with Crippen molar-refractivity contribution in [1.29, 1.82) is 0 Å². The highest BCUT2D eigenvalue weighted by molar-refractivity contribution is 7.99. The first-order chi connectivity index (χ1) is 10.6. The van der Waals surface area contributed by atoms with Gasteiger partial charge in [0.2, 0.25) is 5.91 Å². The molecule has 0 unspecified atom stereocenters. The highest BCUT2D eigenvalue weighted by Crippen LogP contribution is 2.21. The molecule has 3 heterocycles. The van der Waals surface area contributed by atoms with Gasteiger partial charge in [-0.25, -0.2) is 15.0 Å². The van der Waals surface area contributed by atoms with E-state index in [2.05, 4.69) is 25.3 Å². The van der Waals surface area contributed by atoms with Gasteiger partial charge in [-0.2, -0.15) is 0 Å². The number of fused-ring (bicyclic) bond motifs is 1. The van der Waals surface area contributed by atoms with Crippen molar-refractivity contribution in [2.75, 3.05) is 11.1 Å². The van der Waals surface area contributed by atoms with Crippen molar-refractivity contribution in [3.63, 3.8) is 0 Å². The van der Waals surface area contributed by atoms with Gasteiger partial charge in [0.05, 0.1) is 22.0 Å². The van der Waals surface area contributed by atoms with E-state index in [0.717, 1.165) is 5.52 Å². The van der Waals surface area contributed by atoms with Crippen LogP contribution in [-0.4, -0.2) is 31.6 Å². The molecule has 0 bridgehead atoms. The summed E-state index contributed by atoms with van der Waals surface area (Å²) in [5, 5.41) is 4.06. The van der Waals surface area contributed by atoms with E-state index in [1.165, 1.54) is 18.0 Å². The zero-order valence-corrected chi connectivity index (χ0v) is 13.3. The number of carbonyl (C=O) groups is 1. The Morgan fingerprint density at radius 2 is 2.23 bits per heavy atom. The number of carbonyl (C=O) groups excluding carboxylic acids is 1. The van der Waals surface area contributed by atoms with Crippen LogP contribution in [0.5, 0.6) is 0 Å². The van der Waals surface area contributed by atoms with Crippen molar-refractivity contribution in [3.05, 3.63) is 40.8 Å². The van der Waals surface area contributed by atoms with E-state index in [4.69, 9.17) is 23.2 Å². The maximum atomic E-state index is 11.9. The molecule has 0 saturated heterocycles. The third-order valence-corrected chi connectivity index (χ3v) is 4.04. The number of H-pyrrole nitrogens is 1. The first-order valence-electron chi connectivity index (χ1n) is 6.16. The van der Waals surface area contributed by atoms with Gasteiger partial charge >= 0.3 is 0 Å². The normalized spacial score (nSPS) is 10.8. The van der Waals surface area contributed by atoms with Crippen LogP contribution in [0.1, 0.15) is 0 Å². The summed E-state index contributed by atoms with van der Waals surface area (Å²) in [4.78, 5) is 27.2. The van der Waals surface area contributed by atoms with Crippen LogP contribution < -0.4 is 5.32 Å². The molecule has 1 amide bonds. The van der Waals surface area contributed by atoms with Crippen LogP contribution in [0.25, 0.3) is 11.2 Å². The molecule has 0 aliphatic carbocycles. The van der Waals surface area contributed by atoms with Crippen LogP contribution in [0.3, 0.4) is 0 Å². The fourth-order valence-corrected chi connectivity index (χ4v) is 2.72. The number of imidazole rings is 1. The van der Waals surface area contributed by atoms with Gasteiger partial charge in [-0.05, 0) is 18.2 Å². The van der Waals surface area contributed by atoms with Gasteiger partial charge in [-0.3, -0.25) is 4.79 Å². The largest absolute Gasteiger partial charge is 0.331 e. The minimum atomic E-state index is -0.202. The molecule has 2 N–H and O–H groups in total.